The van der Waals surface area contributed by atoms with E-state index < -0.39 is 5.60 Å². The number of ether oxygens (including phenoxy) is 5. The molecule has 246 valence electrons. The van der Waals surface area contributed by atoms with Gasteiger partial charge in [0.05, 0.1) is 0 Å². The molecule has 1 aliphatic heterocycles. The topological polar surface area (TPSA) is 80.3 Å². The van der Waals surface area contributed by atoms with Crippen molar-refractivity contribution in [3.63, 3.8) is 0 Å². The minimum atomic E-state index is -0.604. The molecule has 7 heteroatoms. The number of rotatable bonds is 7. The minimum absolute atomic E-state index is 0.163. The molecule has 0 radical (unpaired) electrons. The zero-order valence-corrected chi connectivity index (χ0v) is 28.4. The monoisotopic (exact) mass is 612 g/mol. The summed E-state index contributed by atoms with van der Waals surface area (Å²) in [6.07, 6.45) is 11.7. The van der Waals surface area contributed by atoms with E-state index in [-0.39, 0.29) is 47.4 Å². The Hall–Kier alpha value is -1.88. The van der Waals surface area contributed by atoms with Crippen LogP contribution in [-0.4, -0.2) is 55.9 Å². The first kappa shape index (κ1) is 33.5. The average molecular weight is 613 g/mol. The van der Waals surface area contributed by atoms with E-state index in [2.05, 4.69) is 38.7 Å². The molecule has 44 heavy (non-hydrogen) atoms. The molecular weight excluding hydrogens is 556 g/mol. The summed E-state index contributed by atoms with van der Waals surface area (Å²) >= 11 is 0. The Bertz CT molecular complexity index is 1160. The number of fused-ring (bicyclic) bond motifs is 5. The number of carbonyl (C=O) groups is 2. The number of carbonyl (C=O) groups excluding carboxylic acids is 2. The molecule has 0 bridgehead atoms. The largest absolute Gasteiger partial charge is 0.462 e. The molecule has 0 spiro atoms. The first-order valence-corrected chi connectivity index (χ1v) is 17.2. The molecule has 5 rings (SSSR count). The highest BCUT2D eigenvalue weighted by atomic mass is 16.7. The maximum atomic E-state index is 12.3. The first-order chi connectivity index (χ1) is 20.8. The summed E-state index contributed by atoms with van der Waals surface area (Å²) in [5.41, 5.74) is 0.680. The molecule has 3 saturated carbocycles. The fourth-order valence-electron chi connectivity index (χ4n) is 10.3. The van der Waals surface area contributed by atoms with Crippen molar-refractivity contribution >= 4 is 11.9 Å². The molecule has 1 heterocycles. The summed E-state index contributed by atoms with van der Waals surface area (Å²) in [5, 5.41) is 0. The molecule has 0 amide bonds. The van der Waals surface area contributed by atoms with Gasteiger partial charge >= 0.3 is 11.9 Å². The van der Waals surface area contributed by atoms with E-state index in [0.29, 0.717) is 36.0 Å². The van der Waals surface area contributed by atoms with E-state index in [4.69, 9.17) is 23.7 Å². The molecule has 0 aromatic heterocycles. The van der Waals surface area contributed by atoms with Gasteiger partial charge in [-0.3, -0.25) is 9.59 Å². The molecule has 4 fully saturated rings. The van der Waals surface area contributed by atoms with Gasteiger partial charge in [-0.1, -0.05) is 44.3 Å². The van der Waals surface area contributed by atoms with Crippen molar-refractivity contribution in [2.75, 3.05) is 13.7 Å². The average Bonchev–Trinajstić information content (AvgIpc) is 3.31. The van der Waals surface area contributed by atoms with Crippen LogP contribution in [0.4, 0.5) is 0 Å². The second-order valence-corrected chi connectivity index (χ2v) is 15.3. The number of hydrogen-bond acceptors (Lipinski definition) is 7. The molecule has 0 aromatic rings. The van der Waals surface area contributed by atoms with Crippen molar-refractivity contribution in [2.24, 2.45) is 40.4 Å². The minimum Gasteiger partial charge on any atom is -0.462 e. The number of methoxy groups -OCH3 is 1. The van der Waals surface area contributed by atoms with Crippen molar-refractivity contribution in [1.29, 1.82) is 0 Å². The van der Waals surface area contributed by atoms with Crippen LogP contribution in [0, 0.1) is 52.3 Å². The molecule has 1 unspecified atom stereocenters. The number of allylic oxidation sites excluding steroid dienone is 1. The summed E-state index contributed by atoms with van der Waals surface area (Å²) in [7, 11) is 1.79. The van der Waals surface area contributed by atoms with Crippen LogP contribution in [0.25, 0.3) is 0 Å². The zero-order valence-electron chi connectivity index (χ0n) is 28.4. The van der Waals surface area contributed by atoms with Gasteiger partial charge in [0.25, 0.3) is 0 Å². The van der Waals surface area contributed by atoms with E-state index in [1.165, 1.54) is 32.3 Å². The predicted molar refractivity (Wildman–Crippen MR) is 168 cm³/mol. The van der Waals surface area contributed by atoms with Crippen LogP contribution < -0.4 is 0 Å². The second-order valence-electron chi connectivity index (χ2n) is 15.3. The lowest BCUT2D eigenvalue weighted by molar-refractivity contribution is -0.199. The molecule has 4 aliphatic carbocycles. The Morgan fingerprint density at radius 2 is 1.80 bits per heavy atom. The van der Waals surface area contributed by atoms with Gasteiger partial charge in [-0.2, -0.15) is 0 Å². The van der Waals surface area contributed by atoms with Crippen LogP contribution >= 0.6 is 0 Å². The van der Waals surface area contributed by atoms with Crippen molar-refractivity contribution in [2.45, 2.75) is 143 Å². The summed E-state index contributed by atoms with van der Waals surface area (Å²) in [6, 6.07) is 0. The molecule has 1 saturated heterocycles. The number of hydrogen-bond donors (Lipinski definition) is 0. The van der Waals surface area contributed by atoms with Crippen LogP contribution in [0.3, 0.4) is 0 Å². The fourth-order valence-corrected chi connectivity index (χ4v) is 10.3. The highest BCUT2D eigenvalue weighted by molar-refractivity contribution is 5.67. The van der Waals surface area contributed by atoms with Gasteiger partial charge in [-0.25, -0.2) is 0 Å². The molecule has 0 aromatic carbocycles. The highest BCUT2D eigenvalue weighted by Gasteiger charge is 2.62. The summed E-state index contributed by atoms with van der Waals surface area (Å²) in [6.45, 7) is 14.9. The van der Waals surface area contributed by atoms with Gasteiger partial charge in [-0.15, -0.1) is 0 Å². The van der Waals surface area contributed by atoms with Crippen LogP contribution in [-0.2, 0) is 33.3 Å². The first-order valence-electron chi connectivity index (χ1n) is 17.2. The smallest absolute Gasteiger partial charge is 0.302 e. The number of esters is 2. The third-order valence-electron chi connectivity index (χ3n) is 12.3. The van der Waals surface area contributed by atoms with Gasteiger partial charge in [0.1, 0.15) is 23.9 Å². The standard InChI is InChI=1S/C37H56O7/c1-23(32(40-8)17-18-35(4,5)44-34-11-9-10-20-41-34)29-14-15-30-28-13-12-26-21-27(42-24(2)38)22-33(43-25(3)39)37(26,7)31(28)16-19-36(29,30)6/h12,23,27-34H,9-11,13-16,19-22H2,1-8H3/t23-,27+,28-,29+,30-,31-,32-,33-,34?,36+,37-/m0/s1. The lowest BCUT2D eigenvalue weighted by Gasteiger charge is -2.60. The normalized spacial score (nSPS) is 39.7. The predicted octanol–water partition coefficient (Wildman–Crippen LogP) is 7.02. The molecular formula is C37H56O7. The van der Waals surface area contributed by atoms with Crippen molar-refractivity contribution < 1.29 is 33.3 Å². The fraction of sp³-hybridized carbons (Fsp3) is 0.838. The molecule has 11 atom stereocenters. The SMILES string of the molecule is CO[C@@H](C#CC(C)(C)OC1CCCCO1)[C@@H](C)[C@H]1CC[C@H]2[C@@H]3CC=C4C[C@@H](OC(C)=O)C[C@H](OC(C)=O)[C@]4(C)[C@H]3CC[C@]12C. The Morgan fingerprint density at radius 1 is 1.05 bits per heavy atom. The Labute approximate surface area is 265 Å². The quantitative estimate of drug-likeness (QED) is 0.174. The van der Waals surface area contributed by atoms with Crippen LogP contribution in [0.5, 0.6) is 0 Å². The van der Waals surface area contributed by atoms with Crippen molar-refractivity contribution in [3.8, 4) is 11.8 Å². The maximum absolute atomic E-state index is 12.3. The molecule has 7 nitrogen and oxygen atoms in total. The maximum Gasteiger partial charge on any atom is 0.302 e. The Kier molecular flexibility index (Phi) is 9.96. The van der Waals surface area contributed by atoms with E-state index >= 15 is 0 Å². The third-order valence-corrected chi connectivity index (χ3v) is 12.3. The highest BCUT2D eigenvalue weighted by Crippen LogP contribution is 2.67. The van der Waals surface area contributed by atoms with E-state index in [1.54, 1.807) is 7.11 Å². The summed E-state index contributed by atoms with van der Waals surface area (Å²) in [4.78, 5) is 24.1. The lowest BCUT2D eigenvalue weighted by atomic mass is 9.46. The van der Waals surface area contributed by atoms with Crippen molar-refractivity contribution in [1.82, 2.24) is 0 Å². The van der Waals surface area contributed by atoms with Gasteiger partial charge in [-0.05, 0) is 100 Å². The van der Waals surface area contributed by atoms with Crippen molar-refractivity contribution in [3.05, 3.63) is 11.6 Å². The van der Waals surface area contributed by atoms with Gasteiger partial charge < -0.3 is 23.7 Å². The third kappa shape index (κ3) is 6.51. The van der Waals surface area contributed by atoms with Crippen LogP contribution in [0.2, 0.25) is 0 Å². The lowest BCUT2D eigenvalue weighted by Crippen LogP contribution is -2.57. The van der Waals surface area contributed by atoms with E-state index in [0.717, 1.165) is 51.6 Å². The summed E-state index contributed by atoms with van der Waals surface area (Å²) < 4.78 is 29.8. The Balaban J connectivity index is 1.33. The second kappa shape index (κ2) is 13.1. The van der Waals surface area contributed by atoms with Crippen LogP contribution in [0.1, 0.15) is 113 Å². The van der Waals surface area contributed by atoms with Crippen LogP contribution in [0.15, 0.2) is 11.6 Å². The van der Waals surface area contributed by atoms with Gasteiger partial charge in [0.2, 0.25) is 0 Å². The summed E-state index contributed by atoms with van der Waals surface area (Å²) in [5.74, 6) is 8.74. The molecule has 0 N–H and O–H groups in total. The molecule has 5 aliphatic rings. The van der Waals surface area contributed by atoms with Gasteiger partial charge in [0, 0.05) is 45.8 Å². The van der Waals surface area contributed by atoms with E-state index in [1.807, 2.05) is 13.8 Å². The van der Waals surface area contributed by atoms with E-state index in [9.17, 15) is 9.59 Å². The zero-order chi connectivity index (χ0) is 31.9. The Morgan fingerprint density at radius 3 is 2.45 bits per heavy atom. The van der Waals surface area contributed by atoms with Gasteiger partial charge in [0.15, 0.2) is 6.29 Å².